The van der Waals surface area contributed by atoms with Crippen LogP contribution in [0.5, 0.6) is 0 Å². The summed E-state index contributed by atoms with van der Waals surface area (Å²) in [4.78, 5) is 22.9. The van der Waals surface area contributed by atoms with Gasteiger partial charge >= 0.3 is 5.97 Å². The van der Waals surface area contributed by atoms with E-state index in [1.807, 2.05) is 39.0 Å². The highest BCUT2D eigenvalue weighted by molar-refractivity contribution is 5.85. The molecular formula is C15H21NO3. The van der Waals surface area contributed by atoms with Crippen LogP contribution in [0, 0.1) is 13.8 Å². The Morgan fingerprint density at radius 2 is 2.00 bits per heavy atom. The van der Waals surface area contributed by atoms with Crippen molar-refractivity contribution in [2.24, 2.45) is 0 Å². The molecule has 1 aromatic carbocycles. The third-order valence-electron chi connectivity index (χ3n) is 3.07. The summed E-state index contributed by atoms with van der Waals surface area (Å²) >= 11 is 0. The lowest BCUT2D eigenvalue weighted by Crippen LogP contribution is -2.41. The lowest BCUT2D eigenvalue weighted by molar-refractivity contribution is -0.141. The highest BCUT2D eigenvalue weighted by Gasteiger charge is 2.19. The van der Waals surface area contributed by atoms with Gasteiger partial charge in [0.25, 0.3) is 0 Å². The molecule has 0 saturated carbocycles. The predicted molar refractivity (Wildman–Crippen MR) is 74.1 cm³/mol. The number of carbonyl (C=O) groups is 2. The van der Waals surface area contributed by atoms with E-state index in [-0.39, 0.29) is 12.3 Å². The summed E-state index contributed by atoms with van der Waals surface area (Å²) in [6, 6.07) is 5.14. The number of benzene rings is 1. The Labute approximate surface area is 113 Å². The maximum atomic E-state index is 11.9. The number of hydrogen-bond acceptors (Lipinski definition) is 2. The molecule has 0 aliphatic rings. The average molecular weight is 263 g/mol. The molecule has 1 amide bonds. The van der Waals surface area contributed by atoms with Gasteiger partial charge in [0.15, 0.2) is 0 Å². The number of aryl methyl sites for hydroxylation is 2. The van der Waals surface area contributed by atoms with Crippen LogP contribution in [0.2, 0.25) is 0 Å². The number of hydrogen-bond donors (Lipinski definition) is 2. The van der Waals surface area contributed by atoms with Gasteiger partial charge in [-0.15, -0.1) is 0 Å². The maximum absolute atomic E-state index is 11.9. The third-order valence-corrected chi connectivity index (χ3v) is 3.07. The van der Waals surface area contributed by atoms with Gasteiger partial charge in [-0.2, -0.15) is 0 Å². The fourth-order valence-corrected chi connectivity index (χ4v) is 1.96. The van der Waals surface area contributed by atoms with Crippen molar-refractivity contribution in [3.05, 3.63) is 34.9 Å². The molecule has 0 aliphatic heterocycles. The first-order chi connectivity index (χ1) is 8.93. The summed E-state index contributed by atoms with van der Waals surface area (Å²) in [6.07, 6.45) is 1.40. The molecule has 0 bridgehead atoms. The molecule has 0 aromatic heterocycles. The van der Waals surface area contributed by atoms with Gasteiger partial charge in [0.05, 0.1) is 6.42 Å². The Balaban J connectivity index is 2.68. The van der Waals surface area contributed by atoms with Gasteiger partial charge in [-0.05, 0) is 31.4 Å². The molecule has 0 spiro atoms. The normalized spacial score (nSPS) is 11.9. The van der Waals surface area contributed by atoms with Crippen molar-refractivity contribution >= 4 is 11.9 Å². The molecule has 1 aromatic rings. The lowest BCUT2D eigenvalue weighted by Gasteiger charge is -2.14. The molecule has 104 valence electrons. The summed E-state index contributed by atoms with van der Waals surface area (Å²) in [7, 11) is 0. The number of nitrogens with one attached hydrogen (secondary N) is 1. The average Bonchev–Trinajstić information content (AvgIpc) is 2.33. The van der Waals surface area contributed by atoms with Crippen molar-refractivity contribution < 1.29 is 14.7 Å². The number of carbonyl (C=O) groups excluding carboxylic acids is 1. The van der Waals surface area contributed by atoms with Crippen molar-refractivity contribution in [3.8, 4) is 0 Å². The summed E-state index contributed by atoms with van der Waals surface area (Å²) in [5.41, 5.74) is 3.08. The number of rotatable bonds is 6. The van der Waals surface area contributed by atoms with Crippen LogP contribution >= 0.6 is 0 Å². The molecule has 1 rings (SSSR count). The van der Waals surface area contributed by atoms with Gasteiger partial charge in [-0.25, -0.2) is 4.79 Å². The zero-order valence-corrected chi connectivity index (χ0v) is 11.7. The predicted octanol–water partition coefficient (Wildman–Crippen LogP) is 2.22. The molecule has 0 fully saturated rings. The molecule has 4 nitrogen and oxygen atoms in total. The second-order valence-corrected chi connectivity index (χ2v) is 4.85. The summed E-state index contributed by atoms with van der Waals surface area (Å²) in [5.74, 6) is -1.22. The van der Waals surface area contributed by atoms with Gasteiger partial charge in [0, 0.05) is 0 Å². The first-order valence-corrected chi connectivity index (χ1v) is 6.52. The number of aliphatic carboxylic acids is 1. The van der Waals surface area contributed by atoms with Gasteiger partial charge in [-0.1, -0.05) is 37.1 Å². The van der Waals surface area contributed by atoms with E-state index >= 15 is 0 Å². The molecule has 19 heavy (non-hydrogen) atoms. The minimum atomic E-state index is -0.976. The Bertz CT molecular complexity index is 468. The van der Waals surface area contributed by atoms with Crippen LogP contribution in [0.15, 0.2) is 18.2 Å². The van der Waals surface area contributed by atoms with Crippen molar-refractivity contribution in [1.29, 1.82) is 0 Å². The Hall–Kier alpha value is -1.84. The first-order valence-electron chi connectivity index (χ1n) is 6.52. The van der Waals surface area contributed by atoms with Crippen molar-refractivity contribution in [2.45, 2.75) is 46.1 Å². The van der Waals surface area contributed by atoms with Gasteiger partial charge < -0.3 is 10.4 Å². The van der Waals surface area contributed by atoms with Crippen LogP contribution in [0.4, 0.5) is 0 Å². The zero-order chi connectivity index (χ0) is 14.4. The molecule has 2 N–H and O–H groups in total. The van der Waals surface area contributed by atoms with Crippen LogP contribution in [0.25, 0.3) is 0 Å². The van der Waals surface area contributed by atoms with E-state index < -0.39 is 12.0 Å². The van der Waals surface area contributed by atoms with Crippen molar-refractivity contribution in [3.63, 3.8) is 0 Å². The minimum absolute atomic E-state index is 0.223. The van der Waals surface area contributed by atoms with Gasteiger partial charge in [0.1, 0.15) is 6.04 Å². The Morgan fingerprint density at radius 1 is 1.32 bits per heavy atom. The van der Waals surface area contributed by atoms with E-state index in [9.17, 15) is 9.59 Å². The fraction of sp³-hybridized carbons (Fsp3) is 0.467. The van der Waals surface area contributed by atoms with E-state index in [0.717, 1.165) is 23.1 Å². The van der Waals surface area contributed by atoms with E-state index in [1.165, 1.54) is 0 Å². The summed E-state index contributed by atoms with van der Waals surface area (Å²) in [6.45, 7) is 5.81. The van der Waals surface area contributed by atoms with Gasteiger partial charge in [-0.3, -0.25) is 4.79 Å². The minimum Gasteiger partial charge on any atom is -0.480 e. The summed E-state index contributed by atoms with van der Waals surface area (Å²) in [5, 5.41) is 11.6. The molecule has 0 saturated heterocycles. The monoisotopic (exact) mass is 263 g/mol. The van der Waals surface area contributed by atoms with E-state index in [2.05, 4.69) is 5.32 Å². The highest BCUT2D eigenvalue weighted by atomic mass is 16.4. The molecular weight excluding hydrogens is 242 g/mol. The van der Waals surface area contributed by atoms with Crippen LogP contribution in [-0.4, -0.2) is 23.0 Å². The van der Waals surface area contributed by atoms with E-state index in [4.69, 9.17) is 5.11 Å². The van der Waals surface area contributed by atoms with Crippen molar-refractivity contribution in [2.75, 3.05) is 0 Å². The molecule has 0 radical (unpaired) electrons. The number of amides is 1. The third kappa shape index (κ3) is 4.73. The van der Waals surface area contributed by atoms with Gasteiger partial charge in [0.2, 0.25) is 5.91 Å². The van der Waals surface area contributed by atoms with Crippen LogP contribution in [-0.2, 0) is 16.0 Å². The lowest BCUT2D eigenvalue weighted by atomic mass is 10.0. The molecule has 0 aliphatic carbocycles. The first kappa shape index (κ1) is 15.2. The largest absolute Gasteiger partial charge is 0.480 e. The number of carboxylic acids is 1. The smallest absolute Gasteiger partial charge is 0.326 e. The Kier molecular flexibility index (Phi) is 5.55. The highest BCUT2D eigenvalue weighted by Crippen LogP contribution is 2.11. The van der Waals surface area contributed by atoms with Crippen LogP contribution in [0.1, 0.15) is 36.5 Å². The zero-order valence-electron chi connectivity index (χ0n) is 11.7. The fourth-order valence-electron chi connectivity index (χ4n) is 1.96. The van der Waals surface area contributed by atoms with E-state index in [0.29, 0.717) is 6.42 Å². The van der Waals surface area contributed by atoms with E-state index in [1.54, 1.807) is 0 Å². The summed E-state index contributed by atoms with van der Waals surface area (Å²) < 4.78 is 0. The second-order valence-electron chi connectivity index (χ2n) is 4.85. The Morgan fingerprint density at radius 3 is 2.58 bits per heavy atom. The SMILES string of the molecule is CCCC(NC(=O)Cc1cc(C)ccc1C)C(=O)O. The van der Waals surface area contributed by atoms with Crippen molar-refractivity contribution in [1.82, 2.24) is 5.32 Å². The maximum Gasteiger partial charge on any atom is 0.326 e. The molecule has 1 atom stereocenters. The van der Waals surface area contributed by atoms with Crippen LogP contribution < -0.4 is 5.32 Å². The van der Waals surface area contributed by atoms with Crippen LogP contribution in [0.3, 0.4) is 0 Å². The topological polar surface area (TPSA) is 66.4 Å². The quantitative estimate of drug-likeness (QED) is 0.827. The standard InChI is InChI=1S/C15H21NO3/c1-4-5-13(15(18)19)16-14(17)9-12-8-10(2)6-7-11(12)3/h6-8,13H,4-5,9H2,1-3H3,(H,16,17)(H,18,19). The molecule has 1 unspecified atom stereocenters. The number of carboxylic acid groups (broad SMARTS) is 1. The second kappa shape index (κ2) is 6.92. The molecule has 0 heterocycles. The molecule has 4 heteroatoms.